The number of rotatable bonds is 2. The maximum absolute atomic E-state index is 14.6. The van der Waals surface area contributed by atoms with Crippen molar-refractivity contribution in [3.63, 3.8) is 0 Å². The van der Waals surface area contributed by atoms with Gasteiger partial charge in [-0.2, -0.15) is 0 Å². The number of hydrogen-bond acceptors (Lipinski definition) is 2. The molecule has 0 saturated carbocycles. The van der Waals surface area contributed by atoms with Crippen molar-refractivity contribution in [3.8, 4) is 0 Å². The van der Waals surface area contributed by atoms with Gasteiger partial charge in [-0.05, 0) is 43.0 Å². The maximum atomic E-state index is 14.6. The summed E-state index contributed by atoms with van der Waals surface area (Å²) in [6, 6.07) is 8.11. The summed E-state index contributed by atoms with van der Waals surface area (Å²) in [4.78, 5) is 0. The van der Waals surface area contributed by atoms with Crippen LogP contribution in [-0.2, 0) is 6.54 Å². The van der Waals surface area contributed by atoms with Gasteiger partial charge in [-0.25, -0.2) is 4.39 Å². The molecule has 17 heavy (non-hydrogen) atoms. The summed E-state index contributed by atoms with van der Waals surface area (Å²) in [5.41, 5.74) is 2.42. The summed E-state index contributed by atoms with van der Waals surface area (Å²) in [7, 11) is 0. The van der Waals surface area contributed by atoms with Crippen LogP contribution in [0.2, 0.25) is 0 Å². The lowest BCUT2D eigenvalue weighted by molar-refractivity contribution is 0.146. The fraction of sp³-hybridized carbons (Fsp3) is 0.571. The van der Waals surface area contributed by atoms with E-state index in [-0.39, 0.29) is 12.0 Å². The van der Waals surface area contributed by atoms with Crippen LogP contribution < -0.4 is 10.6 Å². The van der Waals surface area contributed by atoms with Crippen molar-refractivity contribution in [1.29, 1.82) is 0 Å². The van der Waals surface area contributed by atoms with E-state index in [1.54, 1.807) is 0 Å². The highest BCUT2D eigenvalue weighted by molar-refractivity contribution is 5.34. The third-order valence-electron chi connectivity index (χ3n) is 4.06. The van der Waals surface area contributed by atoms with Gasteiger partial charge in [0.25, 0.3) is 0 Å². The van der Waals surface area contributed by atoms with Crippen molar-refractivity contribution in [2.24, 2.45) is 5.92 Å². The van der Waals surface area contributed by atoms with E-state index in [1.165, 1.54) is 11.1 Å². The first-order chi connectivity index (χ1) is 8.36. The van der Waals surface area contributed by atoms with Crippen molar-refractivity contribution in [1.82, 2.24) is 10.6 Å². The number of alkyl halides is 1. The van der Waals surface area contributed by atoms with E-state index in [1.807, 2.05) is 12.1 Å². The maximum Gasteiger partial charge on any atom is 0.122 e. The van der Waals surface area contributed by atoms with Crippen LogP contribution in [0.25, 0.3) is 0 Å². The molecule has 3 heteroatoms. The van der Waals surface area contributed by atoms with Crippen LogP contribution in [0.15, 0.2) is 24.3 Å². The fourth-order valence-corrected chi connectivity index (χ4v) is 3.05. The minimum atomic E-state index is -0.749. The molecule has 2 atom stereocenters. The Hall–Kier alpha value is -0.930. The third-order valence-corrected chi connectivity index (χ3v) is 4.06. The molecule has 2 aliphatic heterocycles. The molecule has 0 aliphatic carbocycles. The van der Waals surface area contributed by atoms with Gasteiger partial charge in [-0.3, -0.25) is 0 Å². The highest BCUT2D eigenvalue weighted by Gasteiger charge is 2.34. The van der Waals surface area contributed by atoms with Gasteiger partial charge in [0, 0.05) is 6.54 Å². The Morgan fingerprint density at radius 1 is 1.18 bits per heavy atom. The van der Waals surface area contributed by atoms with Crippen LogP contribution in [0.5, 0.6) is 0 Å². The van der Waals surface area contributed by atoms with Crippen molar-refractivity contribution in [2.45, 2.75) is 31.6 Å². The lowest BCUT2D eigenvalue weighted by Gasteiger charge is -2.29. The number of fused-ring (bicyclic) bond motifs is 1. The summed E-state index contributed by atoms with van der Waals surface area (Å²) in [5.74, 6) is 0.208. The lowest BCUT2D eigenvalue weighted by Crippen LogP contribution is -2.37. The monoisotopic (exact) mass is 234 g/mol. The largest absolute Gasteiger partial charge is 0.317 e. The molecule has 92 valence electrons. The second-order valence-electron chi connectivity index (χ2n) is 5.09. The van der Waals surface area contributed by atoms with Gasteiger partial charge in [0.1, 0.15) is 6.17 Å². The molecule has 0 spiro atoms. The molecule has 1 saturated heterocycles. The average Bonchev–Trinajstić information content (AvgIpc) is 2.83. The molecular formula is C14H19FN2. The zero-order valence-electron chi connectivity index (χ0n) is 9.95. The van der Waals surface area contributed by atoms with Crippen LogP contribution in [0, 0.1) is 5.92 Å². The zero-order chi connectivity index (χ0) is 11.7. The highest BCUT2D eigenvalue weighted by Crippen LogP contribution is 2.34. The second-order valence-corrected chi connectivity index (χ2v) is 5.09. The molecule has 0 aromatic heterocycles. The summed E-state index contributed by atoms with van der Waals surface area (Å²) in [6.07, 6.45) is 1.17. The van der Waals surface area contributed by atoms with E-state index >= 15 is 0 Å². The van der Waals surface area contributed by atoms with Gasteiger partial charge >= 0.3 is 0 Å². The average molecular weight is 234 g/mol. The number of nitrogens with one attached hydrogen (secondary N) is 2. The number of halogens is 1. The van der Waals surface area contributed by atoms with Crippen LogP contribution in [0.3, 0.4) is 0 Å². The standard InChI is InChI=1S/C14H19FN2/c15-13(10-5-7-16-8-6-10)14-12-4-2-1-3-11(12)9-17-14/h1-4,10,13-14,16-17H,5-9H2. The summed E-state index contributed by atoms with van der Waals surface area (Å²) in [5, 5.41) is 6.62. The molecule has 2 N–H and O–H groups in total. The highest BCUT2D eigenvalue weighted by atomic mass is 19.1. The van der Waals surface area contributed by atoms with Crippen molar-refractivity contribution >= 4 is 0 Å². The predicted molar refractivity (Wildman–Crippen MR) is 66.5 cm³/mol. The SMILES string of the molecule is FC(C1CCNCC1)C1NCc2ccccc21. The molecule has 3 rings (SSSR count). The van der Waals surface area contributed by atoms with Gasteiger partial charge in [0.15, 0.2) is 0 Å². The topological polar surface area (TPSA) is 24.1 Å². The predicted octanol–water partition coefficient (Wildman–Crippen LogP) is 2.17. The minimum Gasteiger partial charge on any atom is -0.317 e. The second kappa shape index (κ2) is 4.75. The van der Waals surface area contributed by atoms with Gasteiger partial charge < -0.3 is 10.6 Å². The molecule has 2 nitrogen and oxygen atoms in total. The van der Waals surface area contributed by atoms with Crippen molar-refractivity contribution in [3.05, 3.63) is 35.4 Å². The lowest BCUT2D eigenvalue weighted by atomic mass is 9.87. The van der Waals surface area contributed by atoms with E-state index in [0.717, 1.165) is 32.5 Å². The van der Waals surface area contributed by atoms with Crippen LogP contribution in [0.1, 0.15) is 30.0 Å². The Morgan fingerprint density at radius 3 is 2.76 bits per heavy atom. The van der Waals surface area contributed by atoms with Crippen molar-refractivity contribution in [2.75, 3.05) is 13.1 Å². The molecular weight excluding hydrogens is 215 g/mol. The van der Waals surface area contributed by atoms with Crippen molar-refractivity contribution < 1.29 is 4.39 Å². The number of hydrogen-bond donors (Lipinski definition) is 2. The number of benzene rings is 1. The summed E-state index contributed by atoms with van der Waals surface area (Å²) in [6.45, 7) is 2.73. The Bertz CT molecular complexity index is 388. The minimum absolute atomic E-state index is 0.0886. The van der Waals surface area contributed by atoms with E-state index < -0.39 is 6.17 Å². The van der Waals surface area contributed by atoms with Crippen LogP contribution >= 0.6 is 0 Å². The van der Waals surface area contributed by atoms with E-state index in [4.69, 9.17) is 0 Å². The molecule has 2 aliphatic rings. The Kier molecular flexibility index (Phi) is 3.12. The Morgan fingerprint density at radius 2 is 1.94 bits per heavy atom. The first-order valence-electron chi connectivity index (χ1n) is 6.52. The van der Waals surface area contributed by atoms with Crippen LogP contribution in [0.4, 0.5) is 4.39 Å². The first-order valence-corrected chi connectivity index (χ1v) is 6.52. The van der Waals surface area contributed by atoms with Gasteiger partial charge in [-0.15, -0.1) is 0 Å². The van der Waals surface area contributed by atoms with Gasteiger partial charge in [-0.1, -0.05) is 24.3 Å². The molecule has 2 unspecified atom stereocenters. The number of piperidine rings is 1. The molecule has 2 heterocycles. The van der Waals surface area contributed by atoms with E-state index in [0.29, 0.717) is 0 Å². The van der Waals surface area contributed by atoms with Crippen LogP contribution in [-0.4, -0.2) is 19.3 Å². The third kappa shape index (κ3) is 2.09. The van der Waals surface area contributed by atoms with E-state index in [2.05, 4.69) is 22.8 Å². The Labute approximate surface area is 102 Å². The summed E-state index contributed by atoms with van der Waals surface area (Å²) < 4.78 is 14.6. The molecule has 1 aromatic rings. The molecule has 1 fully saturated rings. The molecule has 0 radical (unpaired) electrons. The van der Waals surface area contributed by atoms with Gasteiger partial charge in [0.05, 0.1) is 6.04 Å². The molecule has 1 aromatic carbocycles. The zero-order valence-corrected chi connectivity index (χ0v) is 9.95. The molecule has 0 bridgehead atoms. The van der Waals surface area contributed by atoms with E-state index in [9.17, 15) is 4.39 Å². The Balaban J connectivity index is 1.76. The van der Waals surface area contributed by atoms with Gasteiger partial charge in [0.2, 0.25) is 0 Å². The summed E-state index contributed by atoms with van der Waals surface area (Å²) >= 11 is 0. The fourth-order valence-electron chi connectivity index (χ4n) is 3.05. The molecule has 0 amide bonds. The normalized spacial score (nSPS) is 26.8. The quantitative estimate of drug-likeness (QED) is 0.819. The smallest absolute Gasteiger partial charge is 0.122 e. The first kappa shape index (κ1) is 11.2.